The third-order valence-corrected chi connectivity index (χ3v) is 4.71. The van der Waals surface area contributed by atoms with Crippen molar-refractivity contribution < 1.29 is 28.9 Å². The summed E-state index contributed by atoms with van der Waals surface area (Å²) in [4.78, 5) is 49.9. The number of rotatable bonds is 6. The van der Waals surface area contributed by atoms with Gasteiger partial charge in [-0.15, -0.1) is 0 Å². The third-order valence-electron chi connectivity index (χ3n) is 4.71. The van der Waals surface area contributed by atoms with Crippen molar-refractivity contribution in [2.75, 3.05) is 19.8 Å². The molecule has 11 heteroatoms. The number of aliphatic hydroxyl groups is 1. The fourth-order valence-electron chi connectivity index (χ4n) is 3.34. The maximum atomic E-state index is 12.4. The molecule has 4 atom stereocenters. The van der Waals surface area contributed by atoms with Gasteiger partial charge in [0.15, 0.2) is 0 Å². The van der Waals surface area contributed by atoms with Crippen molar-refractivity contribution in [1.82, 2.24) is 14.9 Å². The van der Waals surface area contributed by atoms with E-state index in [9.17, 15) is 24.3 Å². The molecule has 4 unspecified atom stereocenters. The van der Waals surface area contributed by atoms with Crippen LogP contribution in [0, 0.1) is 0 Å². The molecular formula is C17H23N3O8. The molecule has 0 saturated carbocycles. The van der Waals surface area contributed by atoms with Crippen LogP contribution >= 0.6 is 0 Å². The number of H-pyrrole nitrogens is 1. The second-order valence-corrected chi connectivity index (χ2v) is 6.75. The highest BCUT2D eigenvalue weighted by Gasteiger charge is 2.38. The van der Waals surface area contributed by atoms with E-state index >= 15 is 0 Å². The molecule has 0 radical (unpaired) electrons. The van der Waals surface area contributed by atoms with Gasteiger partial charge in [-0.3, -0.25) is 23.9 Å². The van der Waals surface area contributed by atoms with Crippen molar-refractivity contribution in [2.45, 2.75) is 50.7 Å². The molecule has 2 fully saturated rings. The summed E-state index contributed by atoms with van der Waals surface area (Å²) in [6.07, 6.45) is 0.381. The average Bonchev–Trinajstić information content (AvgIpc) is 3.29. The first kappa shape index (κ1) is 20.2. The molecule has 3 N–H and O–H groups in total. The molecule has 0 aromatic carbocycles. The number of carbonyl (C=O) groups is 2. The minimum atomic E-state index is -0.907. The van der Waals surface area contributed by atoms with Gasteiger partial charge in [0.1, 0.15) is 24.0 Å². The maximum absolute atomic E-state index is 12.4. The van der Waals surface area contributed by atoms with Crippen LogP contribution in [0.2, 0.25) is 0 Å². The predicted molar refractivity (Wildman–Crippen MR) is 93.8 cm³/mol. The Balaban J connectivity index is 1.77. The molecule has 2 aliphatic heterocycles. The standard InChI is InChI=1S/C17H23N3O8/c1-9(22)27-12-5-14(28-13(12)8-21)20-7-11(16(24)19-17(20)25)15(23)18-6-10-3-2-4-26-10/h7,10,12-14,21H,2-6,8H2,1H3,(H,18,23)(H,19,24,25). The van der Waals surface area contributed by atoms with Gasteiger partial charge in [-0.2, -0.15) is 0 Å². The van der Waals surface area contributed by atoms with Gasteiger partial charge < -0.3 is 24.6 Å². The zero-order valence-corrected chi connectivity index (χ0v) is 15.4. The van der Waals surface area contributed by atoms with E-state index in [2.05, 4.69) is 10.3 Å². The average molecular weight is 397 g/mol. The third kappa shape index (κ3) is 4.49. The van der Waals surface area contributed by atoms with Gasteiger partial charge in [0.2, 0.25) is 0 Å². The minimum Gasteiger partial charge on any atom is -0.460 e. The summed E-state index contributed by atoms with van der Waals surface area (Å²) < 4.78 is 17.1. The number of hydrogen-bond acceptors (Lipinski definition) is 8. The van der Waals surface area contributed by atoms with E-state index < -0.39 is 48.2 Å². The van der Waals surface area contributed by atoms with Crippen LogP contribution in [0.4, 0.5) is 0 Å². The Bertz CT molecular complexity index is 842. The summed E-state index contributed by atoms with van der Waals surface area (Å²) in [7, 11) is 0. The molecule has 2 aliphatic rings. The first-order valence-corrected chi connectivity index (χ1v) is 9.08. The SMILES string of the molecule is CC(=O)OC1CC(n2cc(C(=O)NCC3CCCO3)c(=O)[nH]c2=O)OC1CO. The van der Waals surface area contributed by atoms with Crippen molar-refractivity contribution in [2.24, 2.45) is 0 Å². The lowest BCUT2D eigenvalue weighted by Gasteiger charge is -2.16. The van der Waals surface area contributed by atoms with Gasteiger partial charge in [-0.25, -0.2) is 4.79 Å². The first-order valence-electron chi connectivity index (χ1n) is 9.08. The molecule has 0 aliphatic carbocycles. The Morgan fingerprint density at radius 3 is 2.86 bits per heavy atom. The number of nitrogens with one attached hydrogen (secondary N) is 2. The second kappa shape index (κ2) is 8.67. The highest BCUT2D eigenvalue weighted by Crippen LogP contribution is 2.29. The number of nitrogens with zero attached hydrogens (tertiary/aromatic N) is 1. The fourth-order valence-corrected chi connectivity index (χ4v) is 3.34. The number of esters is 1. The number of carbonyl (C=O) groups excluding carboxylic acids is 2. The Kier molecular flexibility index (Phi) is 6.27. The van der Waals surface area contributed by atoms with Crippen LogP contribution in [-0.2, 0) is 19.0 Å². The summed E-state index contributed by atoms with van der Waals surface area (Å²) in [5, 5.41) is 12.0. The van der Waals surface area contributed by atoms with E-state index in [0.717, 1.165) is 23.6 Å². The van der Waals surface area contributed by atoms with Gasteiger partial charge in [0.05, 0.1) is 12.7 Å². The summed E-state index contributed by atoms with van der Waals surface area (Å²) in [6.45, 7) is 1.71. The molecular weight excluding hydrogens is 374 g/mol. The van der Waals surface area contributed by atoms with Crippen molar-refractivity contribution in [3.05, 3.63) is 32.6 Å². The van der Waals surface area contributed by atoms with E-state index in [-0.39, 0.29) is 24.6 Å². The molecule has 1 aromatic rings. The molecule has 154 valence electrons. The van der Waals surface area contributed by atoms with Gasteiger partial charge in [0.25, 0.3) is 11.5 Å². The van der Waals surface area contributed by atoms with Crippen molar-refractivity contribution in [3.63, 3.8) is 0 Å². The first-order chi connectivity index (χ1) is 13.4. The molecule has 28 heavy (non-hydrogen) atoms. The number of amides is 1. The van der Waals surface area contributed by atoms with E-state index in [4.69, 9.17) is 14.2 Å². The van der Waals surface area contributed by atoms with Crippen LogP contribution in [0.15, 0.2) is 15.8 Å². The van der Waals surface area contributed by atoms with Gasteiger partial charge in [-0.05, 0) is 12.8 Å². The molecule has 1 amide bonds. The fraction of sp³-hybridized carbons (Fsp3) is 0.647. The minimum absolute atomic E-state index is 0.0910. The van der Waals surface area contributed by atoms with Gasteiger partial charge in [0, 0.05) is 32.7 Å². The van der Waals surface area contributed by atoms with E-state index in [0.29, 0.717) is 6.61 Å². The lowest BCUT2D eigenvalue weighted by Crippen LogP contribution is -2.40. The number of aromatic nitrogens is 2. The second-order valence-electron chi connectivity index (χ2n) is 6.75. The summed E-state index contributed by atoms with van der Waals surface area (Å²) in [5.41, 5.74) is -1.84. The van der Waals surface area contributed by atoms with E-state index in [1.165, 1.54) is 6.92 Å². The molecule has 3 heterocycles. The Morgan fingerprint density at radius 1 is 1.43 bits per heavy atom. The lowest BCUT2D eigenvalue weighted by molar-refractivity contribution is -0.150. The number of ether oxygens (including phenoxy) is 3. The van der Waals surface area contributed by atoms with Crippen molar-refractivity contribution in [1.29, 1.82) is 0 Å². The highest BCUT2D eigenvalue weighted by molar-refractivity contribution is 5.93. The topological polar surface area (TPSA) is 149 Å². The Hall–Kier alpha value is -2.50. The van der Waals surface area contributed by atoms with Crippen LogP contribution in [0.3, 0.4) is 0 Å². The number of aromatic amines is 1. The lowest BCUT2D eigenvalue weighted by atomic mass is 10.2. The summed E-state index contributed by atoms with van der Waals surface area (Å²) in [6, 6.07) is 0. The van der Waals surface area contributed by atoms with E-state index in [1.54, 1.807) is 0 Å². The van der Waals surface area contributed by atoms with Crippen LogP contribution in [0.5, 0.6) is 0 Å². The summed E-state index contributed by atoms with van der Waals surface area (Å²) in [5.74, 6) is -1.19. The molecule has 3 rings (SSSR count). The zero-order valence-electron chi connectivity index (χ0n) is 15.4. The van der Waals surface area contributed by atoms with Crippen molar-refractivity contribution >= 4 is 11.9 Å². The predicted octanol–water partition coefficient (Wildman–Crippen LogP) is -1.34. The highest BCUT2D eigenvalue weighted by atomic mass is 16.6. The van der Waals surface area contributed by atoms with E-state index in [1.807, 2.05) is 0 Å². The molecule has 0 bridgehead atoms. The molecule has 11 nitrogen and oxygen atoms in total. The van der Waals surface area contributed by atoms with Crippen molar-refractivity contribution in [3.8, 4) is 0 Å². The van der Waals surface area contributed by atoms with Crippen LogP contribution in [0.25, 0.3) is 0 Å². The van der Waals surface area contributed by atoms with Crippen LogP contribution in [-0.4, -0.2) is 64.6 Å². The number of aliphatic hydroxyl groups excluding tert-OH is 1. The Morgan fingerprint density at radius 2 is 2.21 bits per heavy atom. The smallest absolute Gasteiger partial charge is 0.330 e. The molecule has 1 aromatic heterocycles. The summed E-state index contributed by atoms with van der Waals surface area (Å²) >= 11 is 0. The van der Waals surface area contributed by atoms with Crippen LogP contribution in [0.1, 0.15) is 42.8 Å². The van der Waals surface area contributed by atoms with Crippen LogP contribution < -0.4 is 16.6 Å². The molecule has 2 saturated heterocycles. The zero-order chi connectivity index (χ0) is 20.3. The van der Waals surface area contributed by atoms with Gasteiger partial charge >= 0.3 is 11.7 Å². The maximum Gasteiger partial charge on any atom is 0.330 e. The monoisotopic (exact) mass is 397 g/mol. The largest absolute Gasteiger partial charge is 0.460 e. The Labute approximate surface area is 159 Å². The molecule has 0 spiro atoms. The number of hydrogen-bond donors (Lipinski definition) is 3. The quantitative estimate of drug-likeness (QED) is 0.499. The van der Waals surface area contributed by atoms with Gasteiger partial charge in [-0.1, -0.05) is 0 Å². The normalized spacial score (nSPS) is 26.9.